The largest absolute Gasteiger partial charge is 0.368 e. The summed E-state index contributed by atoms with van der Waals surface area (Å²) in [5, 5.41) is 6.54. The quantitative estimate of drug-likeness (QED) is 0.476. The van der Waals surface area contributed by atoms with Crippen LogP contribution in [-0.2, 0) is 4.79 Å². The summed E-state index contributed by atoms with van der Waals surface area (Å²) >= 11 is 0. The number of pyridine rings is 1. The van der Waals surface area contributed by atoms with E-state index in [9.17, 15) is 14.0 Å². The Hall–Kier alpha value is -3.82. The molecule has 0 bridgehead atoms. The van der Waals surface area contributed by atoms with Gasteiger partial charge in [0.05, 0.1) is 23.6 Å². The minimum atomic E-state index is -0.780. The molecule has 1 atom stereocenters. The fourth-order valence-corrected chi connectivity index (χ4v) is 2.75. The van der Waals surface area contributed by atoms with Gasteiger partial charge in [-0.2, -0.15) is 0 Å². The zero-order valence-electron chi connectivity index (χ0n) is 15.8. The Morgan fingerprint density at radius 1 is 1.10 bits per heavy atom. The lowest BCUT2D eigenvalue weighted by Gasteiger charge is -2.20. The molecule has 3 rings (SSSR count). The maximum Gasteiger partial charge on any atom is 0.271 e. The number of fused-ring (bicyclic) bond motifs is 1. The number of amides is 2. The molecule has 0 fully saturated rings. The van der Waals surface area contributed by atoms with Gasteiger partial charge in [-0.15, -0.1) is 0 Å². The van der Waals surface area contributed by atoms with E-state index in [4.69, 9.17) is 11.5 Å². The van der Waals surface area contributed by atoms with E-state index in [1.807, 2.05) is 13.8 Å². The molecule has 29 heavy (non-hydrogen) atoms. The van der Waals surface area contributed by atoms with E-state index in [1.54, 1.807) is 12.1 Å². The van der Waals surface area contributed by atoms with E-state index in [0.29, 0.717) is 16.6 Å². The van der Waals surface area contributed by atoms with Crippen LogP contribution in [0.1, 0.15) is 24.3 Å². The summed E-state index contributed by atoms with van der Waals surface area (Å²) in [4.78, 5) is 35.9. The molecule has 3 aromatic rings. The van der Waals surface area contributed by atoms with Gasteiger partial charge in [-0.05, 0) is 24.1 Å². The molecule has 0 unspecified atom stereocenters. The van der Waals surface area contributed by atoms with E-state index in [-0.39, 0.29) is 29.1 Å². The number of halogens is 1. The highest BCUT2D eigenvalue weighted by Gasteiger charge is 2.21. The first-order valence-electron chi connectivity index (χ1n) is 8.79. The van der Waals surface area contributed by atoms with Crippen molar-refractivity contribution in [3.63, 3.8) is 0 Å². The Kier molecular flexibility index (Phi) is 5.53. The number of aromatic nitrogens is 3. The van der Waals surface area contributed by atoms with Crippen LogP contribution in [0.15, 0.2) is 36.7 Å². The first-order chi connectivity index (χ1) is 13.7. The molecule has 150 valence electrons. The lowest BCUT2D eigenvalue weighted by Crippen LogP contribution is -2.39. The smallest absolute Gasteiger partial charge is 0.271 e. The van der Waals surface area contributed by atoms with Gasteiger partial charge in [-0.1, -0.05) is 13.8 Å². The van der Waals surface area contributed by atoms with Crippen LogP contribution in [0.25, 0.3) is 10.9 Å². The number of primary amides is 2. The van der Waals surface area contributed by atoms with Crippen LogP contribution in [0.5, 0.6) is 0 Å². The topological polar surface area (TPSA) is 149 Å². The van der Waals surface area contributed by atoms with E-state index < -0.39 is 17.9 Å². The second-order valence-electron chi connectivity index (χ2n) is 6.77. The summed E-state index contributed by atoms with van der Waals surface area (Å²) in [6, 6.07) is 5.27. The Morgan fingerprint density at radius 3 is 2.52 bits per heavy atom. The fourth-order valence-electron chi connectivity index (χ4n) is 2.75. The Balaban J connectivity index is 1.95. The van der Waals surface area contributed by atoms with E-state index in [0.717, 1.165) is 0 Å². The molecule has 0 saturated carbocycles. The standard InChI is InChI=1S/C19H20FN7O2/c1-9(2)15(17(21)28)26-14-8-24-16(18(22)29)19(27-14)25-12-5-10-3-4-11(20)6-13(10)23-7-12/h3-9,15H,1-2H3,(H2,21,28)(H2,22,29)(H2,25,26,27)/t15-/m1/s1. The molecule has 0 radical (unpaired) electrons. The summed E-state index contributed by atoms with van der Waals surface area (Å²) < 4.78 is 13.3. The molecule has 6 N–H and O–H groups in total. The Bertz CT molecular complexity index is 1090. The Morgan fingerprint density at radius 2 is 1.86 bits per heavy atom. The first-order valence-corrected chi connectivity index (χ1v) is 8.79. The zero-order valence-corrected chi connectivity index (χ0v) is 15.8. The van der Waals surface area contributed by atoms with E-state index in [2.05, 4.69) is 25.6 Å². The normalized spacial score (nSPS) is 12.0. The van der Waals surface area contributed by atoms with Gasteiger partial charge < -0.3 is 22.1 Å². The monoisotopic (exact) mass is 397 g/mol. The molecule has 0 aliphatic carbocycles. The van der Waals surface area contributed by atoms with Crippen LogP contribution in [0.3, 0.4) is 0 Å². The van der Waals surface area contributed by atoms with Gasteiger partial charge in [0.1, 0.15) is 17.7 Å². The lowest BCUT2D eigenvalue weighted by atomic mass is 10.0. The number of rotatable bonds is 7. The molecule has 2 aromatic heterocycles. The van der Waals surface area contributed by atoms with Crippen molar-refractivity contribution in [3.05, 3.63) is 48.2 Å². The van der Waals surface area contributed by atoms with Crippen LogP contribution in [-0.4, -0.2) is 32.8 Å². The van der Waals surface area contributed by atoms with Crippen LogP contribution < -0.4 is 22.1 Å². The predicted molar refractivity (Wildman–Crippen MR) is 107 cm³/mol. The van der Waals surface area contributed by atoms with Gasteiger partial charge in [-0.3, -0.25) is 14.6 Å². The lowest BCUT2D eigenvalue weighted by molar-refractivity contribution is -0.119. The summed E-state index contributed by atoms with van der Waals surface area (Å²) in [6.07, 6.45) is 2.76. The third-order valence-corrected chi connectivity index (χ3v) is 4.19. The molecule has 10 heteroatoms. The van der Waals surface area contributed by atoms with E-state index in [1.165, 1.54) is 24.5 Å². The number of anilines is 3. The van der Waals surface area contributed by atoms with Gasteiger partial charge >= 0.3 is 0 Å². The highest BCUT2D eigenvalue weighted by atomic mass is 19.1. The maximum absolute atomic E-state index is 13.3. The van der Waals surface area contributed by atoms with Gasteiger partial charge in [-0.25, -0.2) is 14.4 Å². The van der Waals surface area contributed by atoms with Crippen molar-refractivity contribution in [2.45, 2.75) is 19.9 Å². The van der Waals surface area contributed by atoms with Crippen LogP contribution in [0, 0.1) is 11.7 Å². The second-order valence-corrected chi connectivity index (χ2v) is 6.77. The summed E-state index contributed by atoms with van der Waals surface area (Å²) in [7, 11) is 0. The molecule has 0 saturated heterocycles. The van der Waals surface area contributed by atoms with Gasteiger partial charge in [0, 0.05) is 11.5 Å². The van der Waals surface area contributed by atoms with Gasteiger partial charge in [0.2, 0.25) is 5.91 Å². The Labute approximate surface area is 165 Å². The summed E-state index contributed by atoms with van der Waals surface area (Å²) in [5.41, 5.74) is 11.7. The minimum Gasteiger partial charge on any atom is -0.368 e. The first kappa shape index (κ1) is 19.9. The fraction of sp³-hybridized carbons (Fsp3) is 0.211. The number of hydrogen-bond acceptors (Lipinski definition) is 7. The minimum absolute atomic E-state index is 0.0812. The number of nitrogens with one attached hydrogen (secondary N) is 2. The predicted octanol–water partition coefficient (Wildman–Crippen LogP) is 1.93. The SMILES string of the molecule is CC(C)[C@@H](Nc1cnc(C(N)=O)c(Nc2cnc3cc(F)ccc3c2)n1)C(N)=O. The molecule has 1 aromatic carbocycles. The third-order valence-electron chi connectivity index (χ3n) is 4.19. The molecule has 9 nitrogen and oxygen atoms in total. The molecule has 0 spiro atoms. The number of carbonyl (C=O) groups excluding carboxylic acids is 2. The molecule has 0 aliphatic rings. The van der Waals surface area contributed by atoms with E-state index >= 15 is 0 Å². The molecular weight excluding hydrogens is 377 g/mol. The van der Waals surface area contributed by atoms with Crippen molar-refractivity contribution in [2.24, 2.45) is 17.4 Å². The van der Waals surface area contributed by atoms with Crippen molar-refractivity contribution in [3.8, 4) is 0 Å². The average Bonchev–Trinajstić information content (AvgIpc) is 2.65. The van der Waals surface area contributed by atoms with Crippen LogP contribution in [0.2, 0.25) is 0 Å². The van der Waals surface area contributed by atoms with Gasteiger partial charge in [0.25, 0.3) is 5.91 Å². The number of benzene rings is 1. The summed E-state index contributed by atoms with van der Waals surface area (Å²) in [6.45, 7) is 3.66. The number of nitrogens with zero attached hydrogens (tertiary/aromatic N) is 3. The van der Waals surface area contributed by atoms with Crippen LogP contribution >= 0.6 is 0 Å². The molecular formula is C19H20FN7O2. The zero-order chi connectivity index (χ0) is 21.1. The molecule has 0 aliphatic heterocycles. The number of nitrogens with two attached hydrogens (primary N) is 2. The van der Waals surface area contributed by atoms with Crippen molar-refractivity contribution >= 4 is 40.0 Å². The number of hydrogen-bond donors (Lipinski definition) is 4. The molecule has 2 heterocycles. The van der Waals surface area contributed by atoms with Crippen molar-refractivity contribution in [2.75, 3.05) is 10.6 Å². The van der Waals surface area contributed by atoms with Crippen molar-refractivity contribution < 1.29 is 14.0 Å². The van der Waals surface area contributed by atoms with Crippen molar-refractivity contribution in [1.82, 2.24) is 15.0 Å². The highest BCUT2D eigenvalue weighted by molar-refractivity contribution is 5.96. The highest BCUT2D eigenvalue weighted by Crippen LogP contribution is 2.23. The van der Waals surface area contributed by atoms with Crippen LogP contribution in [0.4, 0.5) is 21.7 Å². The van der Waals surface area contributed by atoms with Crippen molar-refractivity contribution in [1.29, 1.82) is 0 Å². The third kappa shape index (κ3) is 4.54. The maximum atomic E-state index is 13.3. The number of carbonyl (C=O) groups is 2. The average molecular weight is 397 g/mol. The summed E-state index contributed by atoms with van der Waals surface area (Å²) in [5.74, 6) is -1.48. The molecule has 2 amide bonds. The second kappa shape index (κ2) is 8.05. The van der Waals surface area contributed by atoms with Gasteiger partial charge in [0.15, 0.2) is 11.5 Å².